The summed E-state index contributed by atoms with van der Waals surface area (Å²) >= 11 is 7.88. The molecule has 0 saturated heterocycles. The van der Waals surface area contributed by atoms with Gasteiger partial charge in [-0.15, -0.1) is 0 Å². The predicted octanol–water partition coefficient (Wildman–Crippen LogP) is 4.46. The first-order valence-corrected chi connectivity index (χ1v) is 8.49. The summed E-state index contributed by atoms with van der Waals surface area (Å²) in [5.74, 6) is -0.194. The summed E-state index contributed by atoms with van der Waals surface area (Å²) in [5, 5.41) is 1.84. The summed E-state index contributed by atoms with van der Waals surface area (Å²) in [6.45, 7) is 2.27. The number of hydrogen-bond acceptors (Lipinski definition) is 4. The number of esters is 1. The Hall–Kier alpha value is -1.26. The molecule has 1 aromatic heterocycles. The zero-order valence-corrected chi connectivity index (χ0v) is 13.7. The Kier molecular flexibility index (Phi) is 5.88. The monoisotopic (exact) mass is 323 g/mol. The highest BCUT2D eigenvalue weighted by atomic mass is 35.5. The highest BCUT2D eigenvalue weighted by molar-refractivity contribution is 7.99. The highest BCUT2D eigenvalue weighted by Gasteiger charge is 2.10. The number of carbonyl (C=O) groups excluding carboxylic acids is 1. The Balaban J connectivity index is 1.97. The zero-order chi connectivity index (χ0) is 15.2. The van der Waals surface area contributed by atoms with Crippen LogP contribution in [0.4, 0.5) is 0 Å². The first-order chi connectivity index (χ1) is 10.1. The normalized spacial score (nSPS) is 12.3. The lowest BCUT2D eigenvalue weighted by atomic mass is 10.2. The van der Waals surface area contributed by atoms with E-state index in [-0.39, 0.29) is 12.6 Å². The topological polar surface area (TPSA) is 39.2 Å². The molecule has 0 amide bonds. The molecule has 0 aliphatic heterocycles. The number of ether oxygens (including phenoxy) is 1. The summed E-state index contributed by atoms with van der Waals surface area (Å²) < 4.78 is 5.28. The molecule has 0 spiro atoms. The Labute approximate surface area is 134 Å². The molecular formula is C16H18ClNO2S. The van der Waals surface area contributed by atoms with Crippen LogP contribution in [-0.4, -0.2) is 22.5 Å². The minimum atomic E-state index is -0.194. The molecule has 1 aromatic carbocycles. The van der Waals surface area contributed by atoms with Crippen molar-refractivity contribution in [3.63, 3.8) is 0 Å². The molecule has 0 aliphatic carbocycles. The van der Waals surface area contributed by atoms with Crippen molar-refractivity contribution in [2.45, 2.75) is 31.6 Å². The fourth-order valence-electron chi connectivity index (χ4n) is 1.91. The average Bonchev–Trinajstić information content (AvgIpc) is 2.50. The fraction of sp³-hybridized carbons (Fsp3) is 0.375. The number of thioether (sulfide) groups is 1. The van der Waals surface area contributed by atoms with Gasteiger partial charge in [-0.2, -0.15) is 11.8 Å². The van der Waals surface area contributed by atoms with Crippen molar-refractivity contribution < 1.29 is 9.53 Å². The molecule has 0 N–H and O–H groups in total. The number of hydrogen-bond donors (Lipinski definition) is 0. The Morgan fingerprint density at radius 1 is 1.43 bits per heavy atom. The van der Waals surface area contributed by atoms with Crippen molar-refractivity contribution in [1.29, 1.82) is 0 Å². The molecule has 0 unspecified atom stereocenters. The Morgan fingerprint density at radius 2 is 2.19 bits per heavy atom. The Morgan fingerprint density at radius 3 is 2.95 bits per heavy atom. The molecule has 2 aromatic rings. The van der Waals surface area contributed by atoms with Crippen LogP contribution in [0, 0.1) is 0 Å². The molecule has 0 saturated carbocycles. The molecule has 0 bridgehead atoms. The van der Waals surface area contributed by atoms with E-state index in [1.165, 1.54) is 0 Å². The molecule has 1 heterocycles. The number of aromatic nitrogens is 1. The first-order valence-electron chi connectivity index (χ1n) is 6.82. The summed E-state index contributed by atoms with van der Waals surface area (Å²) in [5.41, 5.74) is 1.58. The maximum absolute atomic E-state index is 11.7. The molecule has 0 aliphatic rings. The number of rotatable bonds is 6. The number of carbonyl (C=O) groups is 1. The van der Waals surface area contributed by atoms with Gasteiger partial charge in [-0.3, -0.25) is 4.79 Å². The molecule has 21 heavy (non-hydrogen) atoms. The third-order valence-electron chi connectivity index (χ3n) is 3.30. The molecule has 112 valence electrons. The molecule has 3 nitrogen and oxygen atoms in total. The summed E-state index contributed by atoms with van der Waals surface area (Å²) in [6, 6.07) is 9.64. The van der Waals surface area contributed by atoms with E-state index in [2.05, 4.69) is 11.9 Å². The maximum Gasteiger partial charge on any atom is 0.306 e. The van der Waals surface area contributed by atoms with E-state index in [0.29, 0.717) is 16.8 Å². The minimum Gasteiger partial charge on any atom is -0.461 e. The van der Waals surface area contributed by atoms with Crippen molar-refractivity contribution in [2.24, 2.45) is 0 Å². The molecular weight excluding hydrogens is 306 g/mol. The van der Waals surface area contributed by atoms with Gasteiger partial charge in [-0.1, -0.05) is 36.7 Å². The van der Waals surface area contributed by atoms with Crippen LogP contribution >= 0.6 is 23.4 Å². The quantitative estimate of drug-likeness (QED) is 0.581. The van der Waals surface area contributed by atoms with Crippen LogP contribution in [0.25, 0.3) is 10.9 Å². The number of para-hydroxylation sites is 1. The van der Waals surface area contributed by atoms with Gasteiger partial charge >= 0.3 is 5.97 Å². The van der Waals surface area contributed by atoms with E-state index in [1.54, 1.807) is 11.8 Å². The van der Waals surface area contributed by atoms with Crippen molar-refractivity contribution in [3.8, 4) is 0 Å². The van der Waals surface area contributed by atoms with Gasteiger partial charge in [0.2, 0.25) is 0 Å². The largest absolute Gasteiger partial charge is 0.461 e. The number of nitrogens with zero attached hydrogens (tertiary/aromatic N) is 1. The lowest BCUT2D eigenvalue weighted by molar-refractivity contribution is -0.145. The van der Waals surface area contributed by atoms with Crippen molar-refractivity contribution in [2.75, 3.05) is 6.26 Å². The van der Waals surface area contributed by atoms with Crippen LogP contribution in [0.5, 0.6) is 0 Å². The van der Waals surface area contributed by atoms with Gasteiger partial charge in [0.25, 0.3) is 0 Å². The number of pyridine rings is 1. The summed E-state index contributed by atoms with van der Waals surface area (Å²) in [6.07, 6.45) is 3.29. The lowest BCUT2D eigenvalue weighted by Crippen LogP contribution is -2.08. The second kappa shape index (κ2) is 7.66. The van der Waals surface area contributed by atoms with Crippen LogP contribution in [0.15, 0.2) is 30.3 Å². The van der Waals surface area contributed by atoms with Gasteiger partial charge in [0.15, 0.2) is 0 Å². The van der Waals surface area contributed by atoms with Gasteiger partial charge in [0.1, 0.15) is 11.8 Å². The average molecular weight is 324 g/mol. The first kappa shape index (κ1) is 16.1. The molecule has 1 atom stereocenters. The van der Waals surface area contributed by atoms with E-state index in [9.17, 15) is 4.79 Å². The SMILES string of the molecule is CS[C@@H](C)CCC(=O)OCc1cc2ccccc2nc1Cl. The smallest absolute Gasteiger partial charge is 0.306 e. The third kappa shape index (κ3) is 4.61. The van der Waals surface area contributed by atoms with E-state index < -0.39 is 0 Å². The predicted molar refractivity (Wildman–Crippen MR) is 88.8 cm³/mol. The van der Waals surface area contributed by atoms with Crippen LogP contribution in [0.2, 0.25) is 5.15 Å². The van der Waals surface area contributed by atoms with Gasteiger partial charge < -0.3 is 4.74 Å². The summed E-state index contributed by atoms with van der Waals surface area (Å²) in [7, 11) is 0. The molecule has 5 heteroatoms. The second-order valence-corrected chi connectivity index (χ2v) is 6.51. The van der Waals surface area contributed by atoms with Crippen molar-refractivity contribution >= 4 is 40.2 Å². The molecule has 2 rings (SSSR count). The van der Waals surface area contributed by atoms with Crippen molar-refractivity contribution in [1.82, 2.24) is 4.98 Å². The highest BCUT2D eigenvalue weighted by Crippen LogP contribution is 2.21. The second-order valence-electron chi connectivity index (χ2n) is 4.88. The Bertz CT molecular complexity index is 633. The van der Waals surface area contributed by atoms with E-state index in [4.69, 9.17) is 16.3 Å². The number of benzene rings is 1. The van der Waals surface area contributed by atoms with E-state index >= 15 is 0 Å². The molecule has 0 radical (unpaired) electrons. The van der Waals surface area contributed by atoms with E-state index in [1.807, 2.05) is 36.6 Å². The van der Waals surface area contributed by atoms with Crippen LogP contribution in [-0.2, 0) is 16.1 Å². The van der Waals surface area contributed by atoms with Gasteiger partial charge in [-0.25, -0.2) is 4.98 Å². The molecule has 0 fully saturated rings. The zero-order valence-electron chi connectivity index (χ0n) is 12.1. The number of halogens is 1. The van der Waals surface area contributed by atoms with E-state index in [0.717, 1.165) is 22.9 Å². The van der Waals surface area contributed by atoms with Crippen LogP contribution in [0.1, 0.15) is 25.3 Å². The van der Waals surface area contributed by atoms with Gasteiger partial charge in [0, 0.05) is 22.6 Å². The fourth-order valence-corrected chi connectivity index (χ4v) is 2.46. The van der Waals surface area contributed by atoms with Crippen LogP contribution in [0.3, 0.4) is 0 Å². The minimum absolute atomic E-state index is 0.170. The number of fused-ring (bicyclic) bond motifs is 1. The summed E-state index contributed by atoms with van der Waals surface area (Å²) in [4.78, 5) is 16.0. The third-order valence-corrected chi connectivity index (χ3v) is 4.66. The lowest BCUT2D eigenvalue weighted by Gasteiger charge is -2.09. The van der Waals surface area contributed by atoms with Crippen LogP contribution < -0.4 is 0 Å². The van der Waals surface area contributed by atoms with Crippen molar-refractivity contribution in [3.05, 3.63) is 41.0 Å². The standard InChI is InChI=1S/C16H18ClNO2S/c1-11(21-2)7-8-15(19)20-10-13-9-12-5-3-4-6-14(12)18-16(13)17/h3-6,9,11H,7-8,10H2,1-2H3/t11-/m0/s1. The van der Waals surface area contributed by atoms with Gasteiger partial charge in [-0.05, 0) is 24.8 Å². The maximum atomic E-state index is 11.7. The van der Waals surface area contributed by atoms with Gasteiger partial charge in [0.05, 0.1) is 5.52 Å².